The van der Waals surface area contributed by atoms with Gasteiger partial charge in [0, 0.05) is 4.90 Å². The molecule has 0 radical (unpaired) electrons. The Bertz CT molecular complexity index is 578. The molecule has 21 heavy (non-hydrogen) atoms. The van der Waals surface area contributed by atoms with Gasteiger partial charge in [0.15, 0.2) is 0 Å². The smallest absolute Gasteiger partial charge is 0.335 e. The molecule has 0 spiro atoms. The highest BCUT2D eigenvalue weighted by molar-refractivity contribution is 7.98. The van der Waals surface area contributed by atoms with Gasteiger partial charge in [-0.25, -0.2) is 4.79 Å². The highest BCUT2D eigenvalue weighted by atomic mass is 32.2. The molecule has 4 nitrogen and oxygen atoms in total. The Morgan fingerprint density at radius 1 is 0.952 bits per heavy atom. The Kier molecular flexibility index (Phi) is 5.51. The van der Waals surface area contributed by atoms with Crippen LogP contribution in [0, 0.1) is 0 Å². The van der Waals surface area contributed by atoms with Gasteiger partial charge in [0.25, 0.3) is 0 Å². The molecule has 0 aliphatic heterocycles. The van der Waals surface area contributed by atoms with Crippen molar-refractivity contribution >= 4 is 17.7 Å². The number of thioether (sulfide) groups is 1. The summed E-state index contributed by atoms with van der Waals surface area (Å²) < 4.78 is 11.0. The predicted octanol–water partition coefficient (Wildman–Crippen LogP) is 3.56. The van der Waals surface area contributed by atoms with Crippen LogP contribution >= 0.6 is 11.8 Å². The normalized spacial score (nSPS) is 10.1. The van der Waals surface area contributed by atoms with E-state index in [9.17, 15) is 4.79 Å². The molecule has 0 heterocycles. The van der Waals surface area contributed by atoms with Gasteiger partial charge >= 0.3 is 5.97 Å². The van der Waals surface area contributed by atoms with Gasteiger partial charge in [0.2, 0.25) is 0 Å². The number of rotatable bonds is 7. The largest absolute Gasteiger partial charge is 0.490 e. The summed E-state index contributed by atoms with van der Waals surface area (Å²) in [4.78, 5) is 11.9. The van der Waals surface area contributed by atoms with Crippen molar-refractivity contribution in [3.8, 4) is 11.5 Å². The van der Waals surface area contributed by atoms with E-state index < -0.39 is 5.97 Å². The van der Waals surface area contributed by atoms with Crippen LogP contribution in [-0.2, 0) is 0 Å². The van der Waals surface area contributed by atoms with Crippen LogP contribution in [0.5, 0.6) is 11.5 Å². The first-order valence-electron chi connectivity index (χ1n) is 6.42. The van der Waals surface area contributed by atoms with Gasteiger partial charge < -0.3 is 14.6 Å². The van der Waals surface area contributed by atoms with Gasteiger partial charge in [-0.3, -0.25) is 0 Å². The first kappa shape index (κ1) is 15.3. The fraction of sp³-hybridized carbons (Fsp3) is 0.188. The molecule has 110 valence electrons. The number of carboxylic acids is 1. The van der Waals surface area contributed by atoms with Gasteiger partial charge in [0.05, 0.1) is 5.56 Å². The summed E-state index contributed by atoms with van der Waals surface area (Å²) >= 11 is 1.68. The first-order valence-corrected chi connectivity index (χ1v) is 7.64. The molecule has 0 bridgehead atoms. The summed E-state index contributed by atoms with van der Waals surface area (Å²) in [5.41, 5.74) is 0.243. The molecular weight excluding hydrogens is 288 g/mol. The molecule has 0 unspecified atom stereocenters. The van der Waals surface area contributed by atoms with Crippen molar-refractivity contribution in [3.63, 3.8) is 0 Å². The molecule has 0 fully saturated rings. The second-order valence-corrected chi connectivity index (χ2v) is 5.08. The molecule has 0 saturated heterocycles. The summed E-state index contributed by atoms with van der Waals surface area (Å²) in [6.45, 7) is 0.829. The van der Waals surface area contributed by atoms with E-state index in [1.165, 1.54) is 17.0 Å². The predicted molar refractivity (Wildman–Crippen MR) is 82.6 cm³/mol. The Morgan fingerprint density at radius 2 is 1.43 bits per heavy atom. The quantitative estimate of drug-likeness (QED) is 0.626. The van der Waals surface area contributed by atoms with Crippen molar-refractivity contribution in [1.29, 1.82) is 0 Å². The average Bonchev–Trinajstić information content (AvgIpc) is 2.52. The van der Waals surface area contributed by atoms with Crippen LogP contribution in [0.4, 0.5) is 0 Å². The molecule has 2 aromatic rings. The standard InChI is InChI=1S/C16H16O4S/c1-21-15-8-6-14(7-9-15)20-11-10-19-13-4-2-12(3-5-13)16(17)18/h2-9H,10-11H2,1H3,(H,17,18). The fourth-order valence-corrected chi connectivity index (χ4v) is 2.09. The summed E-state index contributed by atoms with van der Waals surface area (Å²) in [6, 6.07) is 14.2. The maximum atomic E-state index is 10.7. The van der Waals surface area contributed by atoms with Crippen molar-refractivity contribution < 1.29 is 19.4 Å². The number of benzene rings is 2. The van der Waals surface area contributed by atoms with Crippen LogP contribution in [-0.4, -0.2) is 30.5 Å². The second kappa shape index (κ2) is 7.59. The van der Waals surface area contributed by atoms with Crippen LogP contribution in [0.3, 0.4) is 0 Å². The van der Waals surface area contributed by atoms with Crippen LogP contribution in [0.1, 0.15) is 10.4 Å². The van der Waals surface area contributed by atoms with E-state index in [4.69, 9.17) is 14.6 Å². The van der Waals surface area contributed by atoms with Gasteiger partial charge in [-0.05, 0) is 54.8 Å². The van der Waals surface area contributed by atoms with Gasteiger partial charge in [-0.15, -0.1) is 11.8 Å². The van der Waals surface area contributed by atoms with E-state index in [2.05, 4.69) is 0 Å². The summed E-state index contributed by atoms with van der Waals surface area (Å²) in [6.07, 6.45) is 2.03. The fourth-order valence-electron chi connectivity index (χ4n) is 1.68. The molecule has 0 aromatic heterocycles. The summed E-state index contributed by atoms with van der Waals surface area (Å²) in [5, 5.41) is 8.79. The zero-order valence-corrected chi connectivity index (χ0v) is 12.4. The minimum atomic E-state index is -0.946. The molecular formula is C16H16O4S. The number of aromatic carboxylic acids is 1. The van der Waals surface area contributed by atoms with Crippen molar-refractivity contribution in [2.45, 2.75) is 4.90 Å². The molecule has 0 aliphatic rings. The van der Waals surface area contributed by atoms with Crippen LogP contribution < -0.4 is 9.47 Å². The molecule has 2 rings (SSSR count). The summed E-state index contributed by atoms with van der Waals surface area (Å²) in [5.74, 6) is 0.484. The van der Waals surface area contributed by atoms with Gasteiger partial charge in [0.1, 0.15) is 24.7 Å². The van der Waals surface area contributed by atoms with Crippen LogP contribution in [0.15, 0.2) is 53.4 Å². The number of carboxylic acid groups (broad SMARTS) is 1. The lowest BCUT2D eigenvalue weighted by Crippen LogP contribution is -2.09. The van der Waals surface area contributed by atoms with E-state index in [1.54, 1.807) is 23.9 Å². The zero-order chi connectivity index (χ0) is 15.1. The minimum Gasteiger partial charge on any atom is -0.490 e. The third-order valence-corrected chi connectivity index (χ3v) is 3.53. The van der Waals surface area contributed by atoms with E-state index in [0.717, 1.165) is 5.75 Å². The maximum absolute atomic E-state index is 10.7. The van der Waals surface area contributed by atoms with E-state index in [1.807, 2.05) is 30.5 Å². The van der Waals surface area contributed by atoms with Gasteiger partial charge in [-0.2, -0.15) is 0 Å². The minimum absolute atomic E-state index is 0.243. The Labute approximate surface area is 127 Å². The molecule has 0 amide bonds. The molecule has 2 aromatic carbocycles. The Balaban J connectivity index is 1.74. The summed E-state index contributed by atoms with van der Waals surface area (Å²) in [7, 11) is 0. The van der Waals surface area contributed by atoms with Crippen molar-refractivity contribution in [2.24, 2.45) is 0 Å². The maximum Gasteiger partial charge on any atom is 0.335 e. The van der Waals surface area contributed by atoms with E-state index in [-0.39, 0.29) is 5.56 Å². The highest BCUT2D eigenvalue weighted by Crippen LogP contribution is 2.19. The monoisotopic (exact) mass is 304 g/mol. The third kappa shape index (κ3) is 4.72. The number of carbonyl (C=O) groups is 1. The topological polar surface area (TPSA) is 55.8 Å². The van der Waals surface area contributed by atoms with Crippen molar-refractivity contribution in [1.82, 2.24) is 0 Å². The number of ether oxygens (including phenoxy) is 2. The zero-order valence-electron chi connectivity index (χ0n) is 11.6. The number of hydrogen-bond acceptors (Lipinski definition) is 4. The third-order valence-electron chi connectivity index (χ3n) is 2.78. The first-order chi connectivity index (χ1) is 10.2. The molecule has 5 heteroatoms. The Hall–Kier alpha value is -2.14. The van der Waals surface area contributed by atoms with Crippen molar-refractivity contribution in [2.75, 3.05) is 19.5 Å². The van der Waals surface area contributed by atoms with Crippen LogP contribution in [0.2, 0.25) is 0 Å². The van der Waals surface area contributed by atoms with E-state index >= 15 is 0 Å². The molecule has 0 atom stereocenters. The van der Waals surface area contributed by atoms with Gasteiger partial charge in [-0.1, -0.05) is 0 Å². The lowest BCUT2D eigenvalue weighted by molar-refractivity contribution is 0.0697. The lowest BCUT2D eigenvalue weighted by atomic mass is 10.2. The molecule has 1 N–H and O–H groups in total. The van der Waals surface area contributed by atoms with Crippen molar-refractivity contribution in [3.05, 3.63) is 54.1 Å². The lowest BCUT2D eigenvalue weighted by Gasteiger charge is -2.09. The van der Waals surface area contributed by atoms with Crippen LogP contribution in [0.25, 0.3) is 0 Å². The molecule has 0 aliphatic carbocycles. The van der Waals surface area contributed by atoms with E-state index in [0.29, 0.717) is 19.0 Å². The SMILES string of the molecule is CSc1ccc(OCCOc2ccc(C(=O)O)cc2)cc1. The second-order valence-electron chi connectivity index (χ2n) is 4.20. The number of hydrogen-bond donors (Lipinski definition) is 1. The Morgan fingerprint density at radius 3 is 1.86 bits per heavy atom. The molecule has 0 saturated carbocycles. The average molecular weight is 304 g/mol. The highest BCUT2D eigenvalue weighted by Gasteiger charge is 2.02.